The lowest BCUT2D eigenvalue weighted by molar-refractivity contribution is -0.136. The molecule has 0 saturated heterocycles. The average molecular weight is 226 g/mol. The van der Waals surface area contributed by atoms with Crippen LogP contribution in [-0.4, -0.2) is 18.2 Å². The maximum atomic E-state index is 11.6. The molecule has 0 fully saturated rings. The monoisotopic (exact) mass is 226 g/mol. The normalized spacial score (nSPS) is 15.9. The standard InChI is InChI=1S/C13H22O3/c1-7-8-9(2)10(12(15)16-6)11(14)13(3,4)5/h7-9,14H,1-6H3/b8-7+,11-10+. The van der Waals surface area contributed by atoms with Crippen LogP contribution in [0.25, 0.3) is 0 Å². The number of aliphatic hydroxyl groups excluding tert-OH is 1. The summed E-state index contributed by atoms with van der Waals surface area (Å²) < 4.78 is 4.71. The molecule has 3 heteroatoms. The van der Waals surface area contributed by atoms with E-state index in [0.29, 0.717) is 5.57 Å². The lowest BCUT2D eigenvalue weighted by Crippen LogP contribution is -2.20. The van der Waals surface area contributed by atoms with E-state index in [9.17, 15) is 9.90 Å². The van der Waals surface area contributed by atoms with Gasteiger partial charge in [0.1, 0.15) is 5.76 Å². The minimum absolute atomic E-state index is 0.0879. The predicted molar refractivity (Wildman–Crippen MR) is 65.1 cm³/mol. The molecule has 0 aromatic carbocycles. The van der Waals surface area contributed by atoms with Gasteiger partial charge in [0, 0.05) is 11.3 Å². The molecule has 0 rings (SSSR count). The summed E-state index contributed by atoms with van der Waals surface area (Å²) >= 11 is 0. The van der Waals surface area contributed by atoms with Crippen LogP contribution >= 0.6 is 0 Å². The molecule has 1 atom stereocenters. The van der Waals surface area contributed by atoms with Crippen molar-refractivity contribution in [1.29, 1.82) is 0 Å². The quantitative estimate of drug-likeness (QED) is 0.348. The molecule has 16 heavy (non-hydrogen) atoms. The van der Waals surface area contributed by atoms with Gasteiger partial charge in [-0.1, -0.05) is 39.8 Å². The Kier molecular flexibility index (Phi) is 5.28. The highest BCUT2D eigenvalue weighted by Gasteiger charge is 2.27. The van der Waals surface area contributed by atoms with E-state index in [-0.39, 0.29) is 11.7 Å². The van der Waals surface area contributed by atoms with E-state index < -0.39 is 11.4 Å². The highest BCUT2D eigenvalue weighted by molar-refractivity contribution is 5.90. The van der Waals surface area contributed by atoms with Crippen molar-refractivity contribution in [2.45, 2.75) is 34.6 Å². The van der Waals surface area contributed by atoms with Crippen LogP contribution in [0.15, 0.2) is 23.5 Å². The van der Waals surface area contributed by atoms with Gasteiger partial charge in [-0.05, 0) is 6.92 Å². The Labute approximate surface area is 97.8 Å². The van der Waals surface area contributed by atoms with Crippen molar-refractivity contribution < 1.29 is 14.6 Å². The summed E-state index contributed by atoms with van der Waals surface area (Å²) in [4.78, 5) is 11.6. The van der Waals surface area contributed by atoms with Crippen molar-refractivity contribution in [2.75, 3.05) is 7.11 Å². The number of aliphatic hydroxyl groups is 1. The van der Waals surface area contributed by atoms with Crippen LogP contribution in [0.4, 0.5) is 0 Å². The molecular formula is C13H22O3. The Morgan fingerprint density at radius 2 is 1.88 bits per heavy atom. The third-order valence-corrected chi connectivity index (χ3v) is 2.31. The van der Waals surface area contributed by atoms with E-state index in [1.165, 1.54) is 7.11 Å². The topological polar surface area (TPSA) is 46.5 Å². The molecule has 3 nitrogen and oxygen atoms in total. The molecule has 1 N–H and O–H groups in total. The first kappa shape index (κ1) is 14.8. The highest BCUT2D eigenvalue weighted by Crippen LogP contribution is 2.30. The fourth-order valence-corrected chi connectivity index (χ4v) is 1.40. The zero-order chi connectivity index (χ0) is 12.9. The maximum absolute atomic E-state index is 11.6. The van der Waals surface area contributed by atoms with Gasteiger partial charge < -0.3 is 9.84 Å². The van der Waals surface area contributed by atoms with Gasteiger partial charge in [0.25, 0.3) is 0 Å². The molecule has 0 spiro atoms. The van der Waals surface area contributed by atoms with Crippen LogP contribution in [-0.2, 0) is 9.53 Å². The minimum Gasteiger partial charge on any atom is -0.511 e. The first-order valence-corrected chi connectivity index (χ1v) is 5.40. The summed E-state index contributed by atoms with van der Waals surface area (Å²) in [5.41, 5.74) is -0.132. The lowest BCUT2D eigenvalue weighted by Gasteiger charge is -2.22. The van der Waals surface area contributed by atoms with Gasteiger partial charge in [0.15, 0.2) is 0 Å². The molecule has 92 valence electrons. The van der Waals surface area contributed by atoms with E-state index in [0.717, 1.165) is 0 Å². The molecule has 0 aliphatic heterocycles. The number of carbonyl (C=O) groups excluding carboxylic acids is 1. The van der Waals surface area contributed by atoms with Crippen molar-refractivity contribution in [3.63, 3.8) is 0 Å². The molecule has 0 amide bonds. The summed E-state index contributed by atoms with van der Waals surface area (Å²) in [7, 11) is 1.32. The van der Waals surface area contributed by atoms with Gasteiger partial charge in [0.2, 0.25) is 0 Å². The molecule has 0 radical (unpaired) electrons. The SMILES string of the molecule is C/C=C/C(C)/C(C(=O)OC)=C(\O)C(C)(C)C. The number of rotatable bonds is 3. The van der Waals surface area contributed by atoms with E-state index in [2.05, 4.69) is 0 Å². The second-order valence-corrected chi connectivity index (χ2v) is 4.82. The van der Waals surface area contributed by atoms with Crippen molar-refractivity contribution in [3.8, 4) is 0 Å². The number of esters is 1. The van der Waals surface area contributed by atoms with Crippen LogP contribution in [0.3, 0.4) is 0 Å². The highest BCUT2D eigenvalue weighted by atomic mass is 16.5. The second-order valence-electron chi connectivity index (χ2n) is 4.82. The summed E-state index contributed by atoms with van der Waals surface area (Å²) in [6.45, 7) is 9.29. The van der Waals surface area contributed by atoms with Gasteiger partial charge in [-0.15, -0.1) is 0 Å². The number of carbonyl (C=O) groups is 1. The first-order valence-electron chi connectivity index (χ1n) is 5.40. The zero-order valence-corrected chi connectivity index (χ0v) is 11.0. The summed E-state index contributed by atoms with van der Waals surface area (Å²) in [6.07, 6.45) is 3.71. The number of hydrogen-bond donors (Lipinski definition) is 1. The van der Waals surface area contributed by atoms with Crippen LogP contribution in [0, 0.1) is 11.3 Å². The van der Waals surface area contributed by atoms with Crippen LogP contribution < -0.4 is 0 Å². The molecule has 0 aliphatic carbocycles. The van der Waals surface area contributed by atoms with Gasteiger partial charge in [0.05, 0.1) is 12.7 Å². The fraction of sp³-hybridized carbons (Fsp3) is 0.615. The van der Waals surface area contributed by atoms with Crippen molar-refractivity contribution in [3.05, 3.63) is 23.5 Å². The van der Waals surface area contributed by atoms with Crippen LogP contribution in [0.1, 0.15) is 34.6 Å². The largest absolute Gasteiger partial charge is 0.511 e. The fourth-order valence-electron chi connectivity index (χ4n) is 1.40. The Morgan fingerprint density at radius 3 is 2.19 bits per heavy atom. The molecule has 1 unspecified atom stereocenters. The molecule has 0 aliphatic rings. The van der Waals surface area contributed by atoms with Gasteiger partial charge in [-0.25, -0.2) is 4.79 Å². The van der Waals surface area contributed by atoms with Crippen molar-refractivity contribution in [1.82, 2.24) is 0 Å². The maximum Gasteiger partial charge on any atom is 0.337 e. The van der Waals surface area contributed by atoms with Crippen LogP contribution in [0.2, 0.25) is 0 Å². The van der Waals surface area contributed by atoms with Crippen LogP contribution in [0.5, 0.6) is 0 Å². The van der Waals surface area contributed by atoms with Crippen molar-refractivity contribution in [2.24, 2.45) is 11.3 Å². The lowest BCUT2D eigenvalue weighted by atomic mass is 9.86. The third-order valence-electron chi connectivity index (χ3n) is 2.31. The second kappa shape index (κ2) is 5.73. The molecule has 0 heterocycles. The first-order chi connectivity index (χ1) is 7.25. The van der Waals surface area contributed by atoms with Gasteiger partial charge in [-0.3, -0.25) is 0 Å². The summed E-state index contributed by atoms with van der Waals surface area (Å²) in [5.74, 6) is -0.542. The Hall–Kier alpha value is -1.25. The van der Waals surface area contributed by atoms with Crippen molar-refractivity contribution >= 4 is 5.97 Å². The Morgan fingerprint density at radius 1 is 1.38 bits per heavy atom. The number of hydrogen-bond acceptors (Lipinski definition) is 3. The summed E-state index contributed by atoms with van der Waals surface area (Å²) in [6, 6.07) is 0. The van der Waals surface area contributed by atoms with E-state index in [1.54, 1.807) is 0 Å². The predicted octanol–water partition coefficient (Wildman–Crippen LogP) is 3.23. The number of methoxy groups -OCH3 is 1. The van der Waals surface area contributed by atoms with Gasteiger partial charge >= 0.3 is 5.97 Å². The Bertz CT molecular complexity index is 306. The van der Waals surface area contributed by atoms with Gasteiger partial charge in [-0.2, -0.15) is 0 Å². The van der Waals surface area contributed by atoms with E-state index in [1.807, 2.05) is 46.8 Å². The number of ether oxygens (including phenoxy) is 1. The number of allylic oxidation sites excluding steroid dienone is 3. The Balaban J connectivity index is 5.49. The molecule has 0 aromatic rings. The smallest absolute Gasteiger partial charge is 0.337 e. The van der Waals surface area contributed by atoms with E-state index >= 15 is 0 Å². The molecular weight excluding hydrogens is 204 g/mol. The molecule has 0 aromatic heterocycles. The molecule has 0 saturated carbocycles. The van der Waals surface area contributed by atoms with E-state index in [4.69, 9.17) is 4.74 Å². The third kappa shape index (κ3) is 3.72. The average Bonchev–Trinajstić information content (AvgIpc) is 2.16. The molecule has 0 bridgehead atoms. The zero-order valence-electron chi connectivity index (χ0n) is 11.0. The minimum atomic E-state index is -0.474. The summed E-state index contributed by atoms with van der Waals surface area (Å²) in [5, 5.41) is 10.1.